The molecule has 0 saturated carbocycles. The van der Waals surface area contributed by atoms with E-state index in [4.69, 9.17) is 4.74 Å². The number of benzene rings is 2. The zero-order chi connectivity index (χ0) is 17.2. The summed E-state index contributed by atoms with van der Waals surface area (Å²) >= 11 is 0. The first-order valence-electron chi connectivity index (χ1n) is 8.03. The number of H-pyrrole nitrogens is 1. The lowest BCUT2D eigenvalue weighted by Gasteiger charge is -2.25. The second-order valence-corrected chi connectivity index (χ2v) is 5.80. The predicted molar refractivity (Wildman–Crippen MR) is 97.7 cm³/mol. The summed E-state index contributed by atoms with van der Waals surface area (Å²) in [6, 6.07) is 20.1. The van der Waals surface area contributed by atoms with Crippen molar-refractivity contribution in [2.24, 2.45) is 0 Å². The summed E-state index contributed by atoms with van der Waals surface area (Å²) in [5.41, 5.74) is 3.38. The van der Waals surface area contributed by atoms with Crippen LogP contribution in [0, 0.1) is 0 Å². The van der Waals surface area contributed by atoms with Crippen LogP contribution in [-0.2, 0) is 0 Å². The summed E-state index contributed by atoms with van der Waals surface area (Å²) in [6.45, 7) is 0. The number of aromatic nitrogens is 2. The molecular formula is C20H17N3O2. The number of aromatic amines is 1. The molecule has 3 aromatic rings. The first kappa shape index (κ1) is 15.2. The normalized spacial score (nSPS) is 15.7. The van der Waals surface area contributed by atoms with Crippen LogP contribution in [0.5, 0.6) is 6.01 Å². The van der Waals surface area contributed by atoms with E-state index in [9.17, 15) is 4.79 Å². The van der Waals surface area contributed by atoms with E-state index in [-0.39, 0.29) is 17.5 Å². The van der Waals surface area contributed by atoms with Crippen molar-refractivity contribution in [3.63, 3.8) is 0 Å². The van der Waals surface area contributed by atoms with E-state index in [0.717, 1.165) is 16.8 Å². The van der Waals surface area contributed by atoms with Crippen LogP contribution in [0.15, 0.2) is 71.5 Å². The van der Waals surface area contributed by atoms with Crippen LogP contribution in [0.3, 0.4) is 0 Å². The van der Waals surface area contributed by atoms with E-state index in [1.54, 1.807) is 0 Å². The smallest absolute Gasteiger partial charge is 0.298 e. The molecule has 1 aliphatic rings. The highest BCUT2D eigenvalue weighted by molar-refractivity contribution is 5.81. The Morgan fingerprint density at radius 3 is 2.36 bits per heavy atom. The van der Waals surface area contributed by atoms with Gasteiger partial charge in [0, 0.05) is 11.6 Å². The topological polar surface area (TPSA) is 67.0 Å². The minimum absolute atomic E-state index is 0.185. The molecule has 5 nitrogen and oxygen atoms in total. The fraction of sp³-hybridized carbons (Fsp3) is 0.100. The molecule has 25 heavy (non-hydrogen) atoms. The van der Waals surface area contributed by atoms with Crippen LogP contribution in [0.4, 0.5) is 5.82 Å². The van der Waals surface area contributed by atoms with E-state index in [1.165, 1.54) is 7.11 Å². The molecule has 0 spiro atoms. The number of hydrogen-bond acceptors (Lipinski definition) is 4. The number of anilines is 1. The lowest BCUT2D eigenvalue weighted by Crippen LogP contribution is -2.25. The molecule has 4 rings (SSSR count). The molecule has 1 unspecified atom stereocenters. The maximum Gasteiger partial charge on any atom is 0.298 e. The second kappa shape index (κ2) is 6.28. The van der Waals surface area contributed by atoms with E-state index in [2.05, 4.69) is 21.4 Å². The summed E-state index contributed by atoms with van der Waals surface area (Å²) < 4.78 is 5.12. The van der Waals surface area contributed by atoms with Crippen molar-refractivity contribution in [3.8, 4) is 6.01 Å². The minimum atomic E-state index is -0.202. The van der Waals surface area contributed by atoms with Gasteiger partial charge >= 0.3 is 0 Å². The van der Waals surface area contributed by atoms with E-state index >= 15 is 0 Å². The molecule has 0 saturated heterocycles. The van der Waals surface area contributed by atoms with Gasteiger partial charge in [-0.1, -0.05) is 60.7 Å². The van der Waals surface area contributed by atoms with Gasteiger partial charge in [-0.3, -0.25) is 9.78 Å². The van der Waals surface area contributed by atoms with Crippen LogP contribution in [0.1, 0.15) is 22.6 Å². The van der Waals surface area contributed by atoms with E-state index in [1.807, 2.05) is 60.7 Å². The van der Waals surface area contributed by atoms with Gasteiger partial charge in [0.05, 0.1) is 12.7 Å². The zero-order valence-electron chi connectivity index (χ0n) is 13.7. The van der Waals surface area contributed by atoms with Gasteiger partial charge in [-0.05, 0) is 17.2 Å². The summed E-state index contributed by atoms with van der Waals surface area (Å²) in [4.78, 5) is 19.7. The van der Waals surface area contributed by atoms with Gasteiger partial charge in [-0.25, -0.2) is 0 Å². The molecule has 2 aromatic carbocycles. The van der Waals surface area contributed by atoms with E-state index in [0.29, 0.717) is 11.4 Å². The van der Waals surface area contributed by atoms with E-state index < -0.39 is 0 Å². The van der Waals surface area contributed by atoms with Crippen LogP contribution in [0.2, 0.25) is 0 Å². The highest BCUT2D eigenvalue weighted by Crippen LogP contribution is 2.36. The number of allylic oxidation sites excluding steroid dienone is 1. The Balaban J connectivity index is 1.91. The second-order valence-electron chi connectivity index (χ2n) is 5.80. The minimum Gasteiger partial charge on any atom is -0.468 e. The molecule has 0 amide bonds. The van der Waals surface area contributed by atoms with Gasteiger partial charge in [-0.2, -0.15) is 4.98 Å². The SMILES string of the molecule is COc1nc2c(c(=O)[nH]1)C(c1ccccc1)C=C(c1ccccc1)N2. The third-order valence-corrected chi connectivity index (χ3v) is 4.27. The van der Waals surface area contributed by atoms with Gasteiger partial charge in [0.1, 0.15) is 5.82 Å². The Hall–Kier alpha value is -3.34. The number of rotatable bonds is 3. The standard InChI is InChI=1S/C20H17N3O2/c1-25-20-22-18-17(19(24)23-20)15(13-8-4-2-5-9-13)12-16(21-18)14-10-6-3-7-11-14/h2-12,15H,1H3,(H2,21,22,23,24). The fourth-order valence-corrected chi connectivity index (χ4v) is 3.07. The van der Waals surface area contributed by atoms with Crippen LogP contribution in [-0.4, -0.2) is 17.1 Å². The molecule has 0 radical (unpaired) electrons. The number of fused-ring (bicyclic) bond motifs is 1. The number of nitrogens with zero attached hydrogens (tertiary/aromatic N) is 1. The Bertz CT molecular complexity index is 979. The van der Waals surface area contributed by atoms with Crippen molar-refractivity contribution < 1.29 is 4.74 Å². The molecule has 1 aliphatic heterocycles. The number of ether oxygens (including phenoxy) is 1. The van der Waals surface area contributed by atoms with Crippen molar-refractivity contribution in [1.82, 2.24) is 9.97 Å². The van der Waals surface area contributed by atoms with Gasteiger partial charge in [-0.15, -0.1) is 0 Å². The molecule has 1 aromatic heterocycles. The highest BCUT2D eigenvalue weighted by atomic mass is 16.5. The van der Waals surface area contributed by atoms with Crippen molar-refractivity contribution in [1.29, 1.82) is 0 Å². The third kappa shape index (κ3) is 2.80. The molecule has 0 bridgehead atoms. The molecule has 0 aliphatic carbocycles. The summed E-state index contributed by atoms with van der Waals surface area (Å²) in [7, 11) is 1.48. The Morgan fingerprint density at radius 1 is 1.00 bits per heavy atom. The molecule has 2 heterocycles. The average molecular weight is 331 g/mol. The maximum atomic E-state index is 12.6. The van der Waals surface area contributed by atoms with Crippen LogP contribution in [0.25, 0.3) is 5.70 Å². The van der Waals surface area contributed by atoms with Gasteiger partial charge < -0.3 is 10.1 Å². The lowest BCUT2D eigenvalue weighted by molar-refractivity contribution is 0.378. The van der Waals surface area contributed by atoms with Crippen LogP contribution >= 0.6 is 0 Å². The third-order valence-electron chi connectivity index (χ3n) is 4.27. The fourth-order valence-electron chi connectivity index (χ4n) is 3.07. The molecule has 1 atom stereocenters. The first-order chi connectivity index (χ1) is 12.3. The lowest BCUT2D eigenvalue weighted by atomic mass is 9.88. The van der Waals surface area contributed by atoms with Gasteiger partial charge in [0.15, 0.2) is 0 Å². The van der Waals surface area contributed by atoms with Gasteiger partial charge in [0.25, 0.3) is 11.6 Å². The maximum absolute atomic E-state index is 12.6. The number of methoxy groups -OCH3 is 1. The van der Waals surface area contributed by atoms with Crippen molar-refractivity contribution in [3.05, 3.63) is 93.8 Å². The average Bonchev–Trinajstić information content (AvgIpc) is 2.68. The molecule has 0 fully saturated rings. The summed E-state index contributed by atoms with van der Waals surface area (Å²) in [5.74, 6) is 0.339. The number of hydrogen-bond donors (Lipinski definition) is 2. The number of nitrogens with one attached hydrogen (secondary N) is 2. The monoisotopic (exact) mass is 331 g/mol. The Labute approximate surface area is 145 Å². The molecule has 124 valence electrons. The first-order valence-corrected chi connectivity index (χ1v) is 8.03. The predicted octanol–water partition coefficient (Wildman–Crippen LogP) is 3.38. The molecule has 2 N–H and O–H groups in total. The van der Waals surface area contributed by atoms with Crippen LogP contribution < -0.4 is 15.6 Å². The molecule has 5 heteroatoms. The Morgan fingerprint density at radius 2 is 1.68 bits per heavy atom. The summed E-state index contributed by atoms with van der Waals surface area (Å²) in [5, 5.41) is 3.28. The van der Waals surface area contributed by atoms with Gasteiger partial charge in [0.2, 0.25) is 0 Å². The largest absolute Gasteiger partial charge is 0.468 e. The highest BCUT2D eigenvalue weighted by Gasteiger charge is 2.27. The van der Waals surface area contributed by atoms with Crippen molar-refractivity contribution in [2.75, 3.05) is 12.4 Å². The quantitative estimate of drug-likeness (QED) is 0.772. The summed E-state index contributed by atoms with van der Waals surface area (Å²) in [6.07, 6.45) is 2.07. The zero-order valence-corrected chi connectivity index (χ0v) is 13.7. The van der Waals surface area contributed by atoms with Crippen molar-refractivity contribution in [2.45, 2.75) is 5.92 Å². The van der Waals surface area contributed by atoms with Crippen molar-refractivity contribution >= 4 is 11.5 Å². The molecular weight excluding hydrogens is 314 g/mol. The Kier molecular flexibility index (Phi) is 3.82.